The fourth-order valence-electron chi connectivity index (χ4n) is 2.98. The summed E-state index contributed by atoms with van der Waals surface area (Å²) in [5, 5.41) is 3.20. The van der Waals surface area contributed by atoms with E-state index in [0.29, 0.717) is 22.0 Å². The molecule has 0 saturated heterocycles. The molecule has 2 aromatic carbocycles. The molecule has 0 unspecified atom stereocenters. The predicted molar refractivity (Wildman–Crippen MR) is 128 cm³/mol. The summed E-state index contributed by atoms with van der Waals surface area (Å²) in [7, 11) is 1.26. The Labute approximate surface area is 194 Å². The van der Waals surface area contributed by atoms with Crippen molar-refractivity contribution in [1.29, 1.82) is 0 Å². The van der Waals surface area contributed by atoms with E-state index in [4.69, 9.17) is 4.74 Å². The van der Waals surface area contributed by atoms with Crippen LogP contribution >= 0.6 is 0 Å². The Morgan fingerprint density at radius 2 is 1.58 bits per heavy atom. The van der Waals surface area contributed by atoms with Gasteiger partial charge in [-0.3, -0.25) is 14.6 Å². The quantitative estimate of drug-likeness (QED) is 0.562. The average molecular weight is 451 g/mol. The Kier molecular flexibility index (Phi) is 8.68. The first kappa shape index (κ1) is 25.5. The summed E-state index contributed by atoms with van der Waals surface area (Å²) in [5.74, 6) is -1.31. The van der Waals surface area contributed by atoms with E-state index >= 15 is 0 Å². The first-order valence-electron chi connectivity index (χ1n) is 10.8. The fraction of sp³-hybridized carbons (Fsp3) is 0.308. The minimum absolute atomic E-state index is 0.217. The molecule has 0 spiro atoms. The van der Waals surface area contributed by atoms with Crippen LogP contribution in [0.25, 0.3) is 22.0 Å². The van der Waals surface area contributed by atoms with Gasteiger partial charge in [0.05, 0.1) is 23.8 Å². The van der Waals surface area contributed by atoms with Crippen LogP contribution in [0.15, 0.2) is 54.7 Å². The van der Waals surface area contributed by atoms with Gasteiger partial charge >= 0.3 is 11.9 Å². The predicted octanol–water partition coefficient (Wildman–Crippen LogP) is 4.79. The molecule has 1 aromatic heterocycles. The maximum Gasteiger partial charge on any atom is 0.338 e. The summed E-state index contributed by atoms with van der Waals surface area (Å²) in [5.41, 5.74) is 2.69. The van der Waals surface area contributed by atoms with Crippen LogP contribution in [0.1, 0.15) is 55.3 Å². The number of nitrogens with zero attached hydrogens (tertiary/aromatic N) is 1. The second-order valence-electron chi connectivity index (χ2n) is 7.93. The summed E-state index contributed by atoms with van der Waals surface area (Å²) >= 11 is 0. The van der Waals surface area contributed by atoms with Crippen LogP contribution < -0.4 is 5.32 Å². The molecule has 1 N–H and O–H groups in total. The molecule has 174 valence electrons. The molecule has 1 heterocycles. The zero-order valence-electron chi connectivity index (χ0n) is 19.9. The molecule has 1 amide bonds. The monoisotopic (exact) mass is 450 g/mol. The third-order valence-corrected chi connectivity index (χ3v) is 4.46. The number of esters is 2. The van der Waals surface area contributed by atoms with E-state index < -0.39 is 17.5 Å². The van der Waals surface area contributed by atoms with Crippen molar-refractivity contribution in [2.45, 2.75) is 40.2 Å². The van der Waals surface area contributed by atoms with Gasteiger partial charge in [0.2, 0.25) is 0 Å². The number of amides is 1. The van der Waals surface area contributed by atoms with Crippen molar-refractivity contribution >= 4 is 28.7 Å². The number of aromatic nitrogens is 1. The summed E-state index contributed by atoms with van der Waals surface area (Å²) in [4.78, 5) is 40.4. The number of ether oxygens (including phenoxy) is 2. The van der Waals surface area contributed by atoms with Gasteiger partial charge in [0.25, 0.3) is 5.91 Å². The Morgan fingerprint density at radius 3 is 2.18 bits per heavy atom. The normalized spacial score (nSPS) is 10.6. The molecule has 0 bridgehead atoms. The molecule has 0 aliphatic heterocycles. The van der Waals surface area contributed by atoms with Gasteiger partial charge in [-0.1, -0.05) is 32.0 Å². The number of hydrogen-bond acceptors (Lipinski definition) is 6. The van der Waals surface area contributed by atoms with Crippen molar-refractivity contribution in [3.05, 3.63) is 65.9 Å². The van der Waals surface area contributed by atoms with Crippen molar-refractivity contribution < 1.29 is 23.9 Å². The highest BCUT2D eigenvalue weighted by Crippen LogP contribution is 2.26. The molecule has 0 aliphatic carbocycles. The first-order valence-corrected chi connectivity index (χ1v) is 10.8. The molecule has 7 heteroatoms. The van der Waals surface area contributed by atoms with E-state index in [-0.39, 0.29) is 12.5 Å². The lowest BCUT2D eigenvalue weighted by Crippen LogP contribution is -2.30. The molecule has 0 saturated carbocycles. The molecule has 3 rings (SSSR count). The summed E-state index contributed by atoms with van der Waals surface area (Å²) in [6, 6.07) is 14.3. The lowest BCUT2D eigenvalue weighted by atomic mass is 9.99. The van der Waals surface area contributed by atoms with Crippen LogP contribution in [-0.4, -0.2) is 42.1 Å². The Bertz CT molecular complexity index is 1130. The number of benzene rings is 2. The number of carbonyl (C=O) groups is 3. The number of rotatable bonds is 5. The van der Waals surface area contributed by atoms with Gasteiger partial charge in [0.1, 0.15) is 12.1 Å². The van der Waals surface area contributed by atoms with Crippen LogP contribution in [-0.2, 0) is 14.3 Å². The van der Waals surface area contributed by atoms with Crippen LogP contribution in [0.4, 0.5) is 0 Å². The Balaban J connectivity index is 0.00000187. The van der Waals surface area contributed by atoms with Crippen LogP contribution in [0.2, 0.25) is 0 Å². The highest BCUT2D eigenvalue weighted by atomic mass is 16.6. The maximum atomic E-state index is 12.6. The highest BCUT2D eigenvalue weighted by molar-refractivity contribution is 6.07. The molecular weight excluding hydrogens is 420 g/mol. The Morgan fingerprint density at radius 1 is 0.939 bits per heavy atom. The zero-order valence-corrected chi connectivity index (χ0v) is 19.9. The van der Waals surface area contributed by atoms with Crippen molar-refractivity contribution in [2.75, 3.05) is 13.7 Å². The van der Waals surface area contributed by atoms with E-state index in [2.05, 4.69) is 15.0 Å². The van der Waals surface area contributed by atoms with E-state index in [0.717, 1.165) is 11.1 Å². The van der Waals surface area contributed by atoms with E-state index in [1.54, 1.807) is 24.4 Å². The van der Waals surface area contributed by atoms with E-state index in [9.17, 15) is 14.4 Å². The molecule has 0 atom stereocenters. The van der Waals surface area contributed by atoms with Gasteiger partial charge in [-0.25, -0.2) is 4.79 Å². The molecule has 0 radical (unpaired) electrons. The van der Waals surface area contributed by atoms with E-state index in [1.165, 1.54) is 7.11 Å². The molecule has 0 fully saturated rings. The number of hydrogen-bond donors (Lipinski definition) is 1. The number of pyridine rings is 1. The van der Waals surface area contributed by atoms with Crippen molar-refractivity contribution in [3.8, 4) is 11.1 Å². The van der Waals surface area contributed by atoms with Crippen LogP contribution in [0, 0.1) is 0 Å². The number of fused-ring (bicyclic) bond motifs is 1. The summed E-state index contributed by atoms with van der Waals surface area (Å²) < 4.78 is 9.95. The lowest BCUT2D eigenvalue weighted by molar-refractivity contribution is -0.139. The standard InChI is InChI=1S/C24H24N2O5.C2H6/c1-24(2,3)31-23(29)16-7-5-15(6-8-16)17-9-10-20-19(13-17)18(11-12-25-20)22(28)26-14-21(27)30-4;1-2/h5-13H,14H2,1-4H3,(H,26,28);1-2H3. The summed E-state index contributed by atoms with van der Waals surface area (Å²) in [6.07, 6.45) is 1.55. The topological polar surface area (TPSA) is 94.6 Å². The zero-order chi connectivity index (χ0) is 24.6. The van der Waals surface area contributed by atoms with Gasteiger partial charge in [0.15, 0.2) is 0 Å². The average Bonchev–Trinajstić information content (AvgIpc) is 2.81. The van der Waals surface area contributed by atoms with Gasteiger partial charge in [-0.05, 0) is 62.2 Å². The van der Waals surface area contributed by atoms with Gasteiger partial charge in [-0.2, -0.15) is 0 Å². The first-order chi connectivity index (χ1) is 15.7. The number of methoxy groups -OCH3 is 1. The lowest BCUT2D eigenvalue weighted by Gasteiger charge is -2.19. The number of carbonyl (C=O) groups excluding carboxylic acids is 3. The second-order valence-corrected chi connectivity index (χ2v) is 7.93. The van der Waals surface area contributed by atoms with Crippen molar-refractivity contribution in [1.82, 2.24) is 10.3 Å². The third-order valence-electron chi connectivity index (χ3n) is 4.46. The SMILES string of the molecule is CC.COC(=O)CNC(=O)c1ccnc2ccc(-c3ccc(C(=O)OC(C)(C)C)cc3)cc12. The largest absolute Gasteiger partial charge is 0.468 e. The highest BCUT2D eigenvalue weighted by Gasteiger charge is 2.18. The van der Waals surface area contributed by atoms with E-state index in [1.807, 2.05) is 65.0 Å². The third kappa shape index (κ3) is 6.87. The summed E-state index contributed by atoms with van der Waals surface area (Å²) in [6.45, 7) is 9.24. The minimum Gasteiger partial charge on any atom is -0.468 e. The van der Waals surface area contributed by atoms with Crippen molar-refractivity contribution in [3.63, 3.8) is 0 Å². The minimum atomic E-state index is -0.564. The number of nitrogens with one attached hydrogen (secondary N) is 1. The molecule has 33 heavy (non-hydrogen) atoms. The van der Waals surface area contributed by atoms with Crippen LogP contribution in [0.5, 0.6) is 0 Å². The maximum absolute atomic E-state index is 12.6. The smallest absolute Gasteiger partial charge is 0.338 e. The second kappa shape index (κ2) is 11.2. The van der Waals surface area contributed by atoms with Crippen LogP contribution in [0.3, 0.4) is 0 Å². The van der Waals surface area contributed by atoms with Gasteiger partial charge in [-0.15, -0.1) is 0 Å². The molecule has 3 aromatic rings. The molecule has 7 nitrogen and oxygen atoms in total. The molecule has 0 aliphatic rings. The fourth-order valence-corrected chi connectivity index (χ4v) is 2.98. The van der Waals surface area contributed by atoms with Gasteiger partial charge < -0.3 is 14.8 Å². The Hall–Kier alpha value is -3.74. The van der Waals surface area contributed by atoms with Gasteiger partial charge in [0, 0.05) is 11.6 Å². The van der Waals surface area contributed by atoms with Crippen molar-refractivity contribution in [2.24, 2.45) is 0 Å². The molecular formula is C26H30N2O5.